The summed E-state index contributed by atoms with van der Waals surface area (Å²) in [5.74, 6) is -0.329. The fourth-order valence-corrected chi connectivity index (χ4v) is 2.96. The molecule has 3 nitrogen and oxygen atoms in total. The average molecular weight is 333 g/mol. The zero-order valence-electron chi connectivity index (χ0n) is 12.6. The molecule has 3 rings (SSSR count). The van der Waals surface area contributed by atoms with Crippen LogP contribution in [0.4, 0.5) is 4.39 Å². The Balaban J connectivity index is 1.94. The standard InChI is InChI=1S/C18H18ClFN2O/c19-17-9-15(20)6-5-13(17)11-22-12-14(10-21-7-8-23)16-3-1-2-4-18(16)22/h1-6,9,12,21,23H,7-8,10-11H2. The van der Waals surface area contributed by atoms with Crippen molar-refractivity contribution in [3.63, 3.8) is 0 Å². The summed E-state index contributed by atoms with van der Waals surface area (Å²) in [5.41, 5.74) is 3.14. The van der Waals surface area contributed by atoms with E-state index in [-0.39, 0.29) is 12.4 Å². The Labute approximate surface area is 139 Å². The summed E-state index contributed by atoms with van der Waals surface area (Å²) in [4.78, 5) is 0. The second-order valence-electron chi connectivity index (χ2n) is 5.44. The van der Waals surface area contributed by atoms with E-state index in [2.05, 4.69) is 28.2 Å². The average Bonchev–Trinajstić information content (AvgIpc) is 2.89. The molecule has 2 N–H and O–H groups in total. The molecule has 2 aromatic carbocycles. The smallest absolute Gasteiger partial charge is 0.124 e. The number of nitrogens with zero attached hydrogens (tertiary/aromatic N) is 1. The first-order valence-electron chi connectivity index (χ1n) is 7.51. The SMILES string of the molecule is OCCNCc1cn(Cc2ccc(F)cc2Cl)c2ccccc12. The highest BCUT2D eigenvalue weighted by Gasteiger charge is 2.10. The van der Waals surface area contributed by atoms with E-state index in [1.165, 1.54) is 12.1 Å². The first-order chi connectivity index (χ1) is 11.2. The summed E-state index contributed by atoms with van der Waals surface area (Å²) in [6.07, 6.45) is 2.08. The summed E-state index contributed by atoms with van der Waals surface area (Å²) < 4.78 is 15.3. The number of aromatic nitrogens is 1. The minimum absolute atomic E-state index is 0.115. The highest BCUT2D eigenvalue weighted by Crippen LogP contribution is 2.25. The predicted octanol–water partition coefficient (Wildman–Crippen LogP) is 3.56. The minimum atomic E-state index is -0.329. The first kappa shape index (κ1) is 16.0. The van der Waals surface area contributed by atoms with Gasteiger partial charge in [0.05, 0.1) is 6.61 Å². The molecule has 0 unspecified atom stereocenters. The second-order valence-corrected chi connectivity index (χ2v) is 5.84. The summed E-state index contributed by atoms with van der Waals surface area (Å²) in [7, 11) is 0. The number of hydrogen-bond acceptors (Lipinski definition) is 2. The van der Waals surface area contributed by atoms with E-state index >= 15 is 0 Å². The van der Waals surface area contributed by atoms with Gasteiger partial charge >= 0.3 is 0 Å². The maximum atomic E-state index is 13.2. The second kappa shape index (κ2) is 7.13. The van der Waals surface area contributed by atoms with Crippen LogP contribution in [0, 0.1) is 5.82 Å². The first-order valence-corrected chi connectivity index (χ1v) is 7.89. The van der Waals surface area contributed by atoms with Crippen molar-refractivity contribution in [2.75, 3.05) is 13.2 Å². The molecule has 0 aliphatic carbocycles. The summed E-state index contributed by atoms with van der Waals surface area (Å²) in [6.45, 7) is 1.94. The Morgan fingerprint density at radius 3 is 2.74 bits per heavy atom. The maximum Gasteiger partial charge on any atom is 0.124 e. The Hall–Kier alpha value is -1.88. The lowest BCUT2D eigenvalue weighted by atomic mass is 10.2. The molecule has 0 radical (unpaired) electrons. The molecule has 0 aliphatic rings. The van der Waals surface area contributed by atoms with Crippen molar-refractivity contribution in [3.8, 4) is 0 Å². The molecule has 3 aromatic rings. The van der Waals surface area contributed by atoms with Gasteiger partial charge in [-0.2, -0.15) is 0 Å². The van der Waals surface area contributed by atoms with Gasteiger partial charge in [-0.3, -0.25) is 0 Å². The monoisotopic (exact) mass is 332 g/mol. The molecule has 0 amide bonds. The van der Waals surface area contributed by atoms with Crippen molar-refractivity contribution in [1.82, 2.24) is 9.88 Å². The lowest BCUT2D eigenvalue weighted by Crippen LogP contribution is -2.17. The van der Waals surface area contributed by atoms with Crippen molar-refractivity contribution in [3.05, 3.63) is 70.6 Å². The maximum absolute atomic E-state index is 13.2. The van der Waals surface area contributed by atoms with Gasteiger partial charge < -0.3 is 15.0 Å². The number of halogens is 2. The van der Waals surface area contributed by atoms with Crippen molar-refractivity contribution in [1.29, 1.82) is 0 Å². The van der Waals surface area contributed by atoms with Crippen molar-refractivity contribution >= 4 is 22.5 Å². The van der Waals surface area contributed by atoms with Crippen LogP contribution in [0.1, 0.15) is 11.1 Å². The Morgan fingerprint density at radius 2 is 1.96 bits per heavy atom. The molecule has 0 fully saturated rings. The molecule has 1 aromatic heterocycles. The molecular formula is C18H18ClFN2O. The number of hydrogen-bond donors (Lipinski definition) is 2. The van der Waals surface area contributed by atoms with E-state index in [1.807, 2.05) is 12.1 Å². The van der Waals surface area contributed by atoms with Gasteiger partial charge in [0, 0.05) is 41.8 Å². The summed E-state index contributed by atoms with van der Waals surface area (Å²) in [5, 5.41) is 13.7. The molecule has 1 heterocycles. The third kappa shape index (κ3) is 3.55. The van der Waals surface area contributed by atoms with Crippen molar-refractivity contribution < 1.29 is 9.50 Å². The van der Waals surface area contributed by atoms with Crippen LogP contribution in [0.2, 0.25) is 5.02 Å². The van der Waals surface area contributed by atoms with Gasteiger partial charge in [-0.15, -0.1) is 0 Å². The minimum Gasteiger partial charge on any atom is -0.395 e. The lowest BCUT2D eigenvalue weighted by Gasteiger charge is -2.07. The summed E-state index contributed by atoms with van der Waals surface area (Å²) >= 11 is 6.15. The van der Waals surface area contributed by atoms with Crippen molar-refractivity contribution in [2.24, 2.45) is 0 Å². The molecule has 0 saturated heterocycles. The number of nitrogens with one attached hydrogen (secondary N) is 1. The van der Waals surface area contributed by atoms with Crippen LogP contribution in [-0.4, -0.2) is 22.8 Å². The molecule has 0 aliphatic heterocycles. The number of aliphatic hydroxyl groups excluding tert-OH is 1. The van der Waals surface area contributed by atoms with E-state index in [0.29, 0.717) is 24.7 Å². The van der Waals surface area contributed by atoms with Gasteiger partial charge in [0.25, 0.3) is 0 Å². The molecule has 0 atom stereocenters. The third-order valence-electron chi connectivity index (χ3n) is 3.83. The van der Waals surface area contributed by atoms with Gasteiger partial charge in [-0.25, -0.2) is 4.39 Å². The molecule has 5 heteroatoms. The van der Waals surface area contributed by atoms with E-state index in [1.54, 1.807) is 6.07 Å². The van der Waals surface area contributed by atoms with E-state index < -0.39 is 0 Å². The molecule has 0 bridgehead atoms. The molecule has 0 spiro atoms. The Bertz CT molecular complexity index is 816. The van der Waals surface area contributed by atoms with E-state index in [4.69, 9.17) is 16.7 Å². The molecule has 0 saturated carbocycles. The van der Waals surface area contributed by atoms with Gasteiger partial charge in [-0.05, 0) is 29.3 Å². The van der Waals surface area contributed by atoms with Crippen molar-refractivity contribution in [2.45, 2.75) is 13.1 Å². The number of benzene rings is 2. The van der Waals surface area contributed by atoms with Crippen LogP contribution in [0.15, 0.2) is 48.7 Å². The number of fused-ring (bicyclic) bond motifs is 1. The lowest BCUT2D eigenvalue weighted by molar-refractivity contribution is 0.292. The van der Waals surface area contributed by atoms with Crippen LogP contribution < -0.4 is 5.32 Å². The number of rotatable bonds is 6. The van der Waals surface area contributed by atoms with Gasteiger partial charge in [0.15, 0.2) is 0 Å². The van der Waals surface area contributed by atoms with E-state index in [0.717, 1.165) is 22.0 Å². The Kier molecular flexibility index (Phi) is 4.96. The normalized spacial score (nSPS) is 11.3. The van der Waals surface area contributed by atoms with Gasteiger partial charge in [0.1, 0.15) is 5.82 Å². The van der Waals surface area contributed by atoms with Gasteiger partial charge in [0.2, 0.25) is 0 Å². The largest absolute Gasteiger partial charge is 0.395 e. The third-order valence-corrected chi connectivity index (χ3v) is 4.18. The highest BCUT2D eigenvalue weighted by atomic mass is 35.5. The zero-order valence-corrected chi connectivity index (χ0v) is 13.4. The fraction of sp³-hybridized carbons (Fsp3) is 0.222. The summed E-state index contributed by atoms with van der Waals surface area (Å²) in [6, 6.07) is 12.6. The van der Waals surface area contributed by atoms with Crippen LogP contribution in [0.25, 0.3) is 10.9 Å². The van der Waals surface area contributed by atoms with Crippen LogP contribution in [0.5, 0.6) is 0 Å². The van der Waals surface area contributed by atoms with Crippen LogP contribution >= 0.6 is 11.6 Å². The predicted molar refractivity (Wildman–Crippen MR) is 91.2 cm³/mol. The topological polar surface area (TPSA) is 37.2 Å². The zero-order chi connectivity index (χ0) is 16.2. The quantitative estimate of drug-likeness (QED) is 0.677. The molecule has 23 heavy (non-hydrogen) atoms. The van der Waals surface area contributed by atoms with Crippen LogP contribution in [0.3, 0.4) is 0 Å². The van der Waals surface area contributed by atoms with E-state index in [9.17, 15) is 4.39 Å². The number of para-hydroxylation sites is 1. The molecule has 120 valence electrons. The fourth-order valence-electron chi connectivity index (χ4n) is 2.73. The highest BCUT2D eigenvalue weighted by molar-refractivity contribution is 6.31. The molecular weight excluding hydrogens is 315 g/mol. The van der Waals surface area contributed by atoms with Crippen LogP contribution in [-0.2, 0) is 13.1 Å². The number of aliphatic hydroxyl groups is 1. The Morgan fingerprint density at radius 1 is 1.13 bits per heavy atom. The van der Waals surface area contributed by atoms with Gasteiger partial charge in [-0.1, -0.05) is 35.9 Å².